The number of aryl methyl sites for hydroxylation is 1. The summed E-state index contributed by atoms with van der Waals surface area (Å²) in [5, 5.41) is 11.3. The molecule has 2 aliphatic carbocycles. The fraction of sp³-hybridized carbons (Fsp3) is 0.692. The van der Waals surface area contributed by atoms with Crippen LogP contribution in [0.3, 0.4) is 0 Å². The number of aromatic amines is 1. The van der Waals surface area contributed by atoms with Crippen LogP contribution in [0.25, 0.3) is 0 Å². The highest BCUT2D eigenvalue weighted by molar-refractivity contribution is 5.85. The molecule has 1 saturated carbocycles. The summed E-state index contributed by atoms with van der Waals surface area (Å²) in [5.41, 5.74) is 3.55. The predicted octanol–water partition coefficient (Wildman–Crippen LogP) is 4.71. The van der Waals surface area contributed by atoms with Crippen molar-refractivity contribution in [3.05, 3.63) is 23.0 Å². The summed E-state index contributed by atoms with van der Waals surface area (Å²) in [6.45, 7) is 6.73. The van der Waals surface area contributed by atoms with Crippen molar-refractivity contribution in [2.75, 3.05) is 29.9 Å². The highest BCUT2D eigenvalue weighted by Gasteiger charge is 2.36. The van der Waals surface area contributed by atoms with Gasteiger partial charge < -0.3 is 15.1 Å². The van der Waals surface area contributed by atoms with Crippen molar-refractivity contribution in [1.29, 1.82) is 0 Å². The zero-order valence-corrected chi connectivity index (χ0v) is 20.8. The number of rotatable bonds is 9. The predicted molar refractivity (Wildman–Crippen MR) is 135 cm³/mol. The molecular weight excluding hydrogens is 426 g/mol. The minimum absolute atomic E-state index is 0.162. The van der Waals surface area contributed by atoms with Crippen LogP contribution in [0.2, 0.25) is 0 Å². The van der Waals surface area contributed by atoms with Gasteiger partial charge in [-0.3, -0.25) is 9.89 Å². The molecule has 0 bridgehead atoms. The van der Waals surface area contributed by atoms with E-state index in [4.69, 9.17) is 9.97 Å². The van der Waals surface area contributed by atoms with E-state index in [1.807, 2.05) is 4.90 Å². The van der Waals surface area contributed by atoms with Crippen LogP contribution >= 0.6 is 0 Å². The lowest BCUT2D eigenvalue weighted by Crippen LogP contribution is -2.47. The Morgan fingerprint density at radius 1 is 1.09 bits per heavy atom. The van der Waals surface area contributed by atoms with Crippen LogP contribution in [0.5, 0.6) is 0 Å². The Labute approximate surface area is 202 Å². The average molecular weight is 466 g/mol. The molecule has 3 aliphatic rings. The lowest BCUT2D eigenvalue weighted by atomic mass is 10.0. The zero-order valence-electron chi connectivity index (χ0n) is 20.8. The number of nitrogens with one attached hydrogen (secondary N) is 2. The lowest BCUT2D eigenvalue weighted by Gasteiger charge is -2.30. The van der Waals surface area contributed by atoms with Gasteiger partial charge in [-0.15, -0.1) is 0 Å². The SMILES string of the molecule is CCCN(CCC)C(=O)C1CCCN1c1nc2c(c(Nc3cc(C4CCCC4)[nH]n3)n1)CCC2. The van der Waals surface area contributed by atoms with Crippen LogP contribution in [0.1, 0.15) is 94.5 Å². The standard InChI is InChI=1S/C26H39N7O/c1-3-14-32(15-4-2)25(34)22-13-8-16-33(22)26-27-20-12-7-11-19(20)24(29-26)28-23-17-21(30-31-23)18-9-5-6-10-18/h17-18,22H,3-16H2,1-2H3,(H2,27,28,29,30,31). The Bertz CT molecular complexity index is 991. The molecule has 3 heterocycles. The number of hydrogen-bond donors (Lipinski definition) is 2. The Morgan fingerprint density at radius 3 is 2.65 bits per heavy atom. The van der Waals surface area contributed by atoms with Gasteiger partial charge in [-0.2, -0.15) is 10.1 Å². The molecule has 8 nitrogen and oxygen atoms in total. The minimum Gasteiger partial charge on any atom is -0.341 e. The Balaban J connectivity index is 1.39. The Hall–Kier alpha value is -2.64. The quantitative estimate of drug-likeness (QED) is 0.558. The summed E-state index contributed by atoms with van der Waals surface area (Å²) < 4.78 is 0. The molecule has 8 heteroatoms. The molecule has 0 radical (unpaired) electrons. The van der Waals surface area contributed by atoms with Crippen molar-refractivity contribution in [2.45, 2.75) is 96.4 Å². The number of hydrogen-bond acceptors (Lipinski definition) is 6. The van der Waals surface area contributed by atoms with Crippen molar-refractivity contribution in [1.82, 2.24) is 25.1 Å². The van der Waals surface area contributed by atoms with Crippen molar-refractivity contribution < 1.29 is 4.79 Å². The number of H-pyrrole nitrogens is 1. The number of anilines is 3. The third kappa shape index (κ3) is 4.64. The van der Waals surface area contributed by atoms with Gasteiger partial charge in [0.2, 0.25) is 11.9 Å². The van der Waals surface area contributed by atoms with E-state index >= 15 is 0 Å². The van der Waals surface area contributed by atoms with E-state index in [0.717, 1.165) is 81.9 Å². The Kier molecular flexibility index (Phi) is 7.02. The van der Waals surface area contributed by atoms with Gasteiger partial charge in [-0.1, -0.05) is 26.7 Å². The number of nitrogens with zero attached hydrogens (tertiary/aromatic N) is 5. The maximum Gasteiger partial charge on any atom is 0.245 e. The topological polar surface area (TPSA) is 90.0 Å². The summed E-state index contributed by atoms with van der Waals surface area (Å²) in [6, 6.07) is 1.99. The van der Waals surface area contributed by atoms with Crippen LogP contribution in [0.15, 0.2) is 6.07 Å². The van der Waals surface area contributed by atoms with E-state index in [-0.39, 0.29) is 11.9 Å². The first-order valence-corrected chi connectivity index (χ1v) is 13.5. The van der Waals surface area contributed by atoms with E-state index in [2.05, 4.69) is 40.3 Å². The average Bonchev–Trinajstić information content (AvgIpc) is 3.64. The van der Waals surface area contributed by atoms with E-state index < -0.39 is 0 Å². The highest BCUT2D eigenvalue weighted by atomic mass is 16.2. The summed E-state index contributed by atoms with van der Waals surface area (Å²) in [7, 11) is 0. The molecule has 1 atom stereocenters. The molecule has 1 unspecified atom stereocenters. The summed E-state index contributed by atoms with van der Waals surface area (Å²) in [5.74, 6) is 3.21. The maximum absolute atomic E-state index is 13.4. The van der Waals surface area contributed by atoms with Crippen LogP contribution in [-0.4, -0.2) is 56.6 Å². The lowest BCUT2D eigenvalue weighted by molar-refractivity contribution is -0.132. The van der Waals surface area contributed by atoms with Gasteiger partial charge in [-0.25, -0.2) is 4.98 Å². The second kappa shape index (κ2) is 10.3. The maximum atomic E-state index is 13.4. The van der Waals surface area contributed by atoms with Gasteiger partial charge in [0.1, 0.15) is 11.9 Å². The number of carbonyl (C=O) groups excluding carboxylic acids is 1. The molecule has 34 heavy (non-hydrogen) atoms. The molecule has 0 aromatic carbocycles. The first-order chi connectivity index (χ1) is 16.7. The molecule has 1 aliphatic heterocycles. The highest BCUT2D eigenvalue weighted by Crippen LogP contribution is 2.36. The molecule has 5 rings (SSSR count). The van der Waals surface area contributed by atoms with Crippen molar-refractivity contribution >= 4 is 23.5 Å². The summed E-state index contributed by atoms with van der Waals surface area (Å²) >= 11 is 0. The van der Waals surface area contributed by atoms with Crippen LogP contribution in [0, 0.1) is 0 Å². The molecule has 0 spiro atoms. The Morgan fingerprint density at radius 2 is 1.88 bits per heavy atom. The molecule has 2 N–H and O–H groups in total. The number of fused-ring (bicyclic) bond motifs is 1. The summed E-state index contributed by atoms with van der Waals surface area (Å²) in [6.07, 6.45) is 12.0. The number of aromatic nitrogens is 4. The molecule has 184 valence electrons. The first-order valence-electron chi connectivity index (χ1n) is 13.5. The van der Waals surface area contributed by atoms with Crippen molar-refractivity contribution in [3.63, 3.8) is 0 Å². The second-order valence-corrected chi connectivity index (χ2v) is 10.1. The third-order valence-corrected chi connectivity index (χ3v) is 7.65. The van der Waals surface area contributed by atoms with Gasteiger partial charge in [0.25, 0.3) is 0 Å². The van der Waals surface area contributed by atoms with Crippen LogP contribution in [-0.2, 0) is 17.6 Å². The molecule has 2 aromatic heterocycles. The summed E-state index contributed by atoms with van der Waals surface area (Å²) in [4.78, 5) is 27.6. The molecule has 2 fully saturated rings. The third-order valence-electron chi connectivity index (χ3n) is 7.65. The van der Waals surface area contributed by atoms with E-state index in [9.17, 15) is 4.79 Å². The second-order valence-electron chi connectivity index (χ2n) is 10.1. The number of carbonyl (C=O) groups is 1. The molecule has 1 amide bonds. The van der Waals surface area contributed by atoms with E-state index in [0.29, 0.717) is 11.9 Å². The van der Waals surface area contributed by atoms with Gasteiger partial charge in [0.15, 0.2) is 5.82 Å². The fourth-order valence-electron chi connectivity index (χ4n) is 5.96. The van der Waals surface area contributed by atoms with Gasteiger partial charge >= 0.3 is 0 Å². The van der Waals surface area contributed by atoms with Crippen LogP contribution < -0.4 is 10.2 Å². The van der Waals surface area contributed by atoms with Gasteiger partial charge in [-0.05, 0) is 57.8 Å². The monoisotopic (exact) mass is 465 g/mol. The van der Waals surface area contributed by atoms with Crippen LogP contribution in [0.4, 0.5) is 17.6 Å². The largest absolute Gasteiger partial charge is 0.341 e. The van der Waals surface area contributed by atoms with E-state index in [1.54, 1.807) is 0 Å². The van der Waals surface area contributed by atoms with Gasteiger partial charge in [0, 0.05) is 42.9 Å². The van der Waals surface area contributed by atoms with Crippen molar-refractivity contribution in [2.24, 2.45) is 0 Å². The zero-order chi connectivity index (χ0) is 23.5. The van der Waals surface area contributed by atoms with Gasteiger partial charge in [0.05, 0.1) is 5.69 Å². The molecular formula is C26H39N7O. The first kappa shape index (κ1) is 23.1. The normalized spacial score (nSPS) is 20.2. The van der Waals surface area contributed by atoms with Crippen molar-refractivity contribution in [3.8, 4) is 0 Å². The smallest absolute Gasteiger partial charge is 0.245 e. The fourth-order valence-corrected chi connectivity index (χ4v) is 5.96. The van der Waals surface area contributed by atoms with E-state index in [1.165, 1.54) is 36.9 Å². The molecule has 2 aromatic rings. The minimum atomic E-state index is -0.162. The number of amides is 1. The molecule has 1 saturated heterocycles.